The summed E-state index contributed by atoms with van der Waals surface area (Å²) in [5.41, 5.74) is 6.09. The number of amides is 3. The lowest BCUT2D eigenvalue weighted by Gasteiger charge is -2.28. The third-order valence-corrected chi connectivity index (χ3v) is 5.17. The molecule has 3 amide bonds. The van der Waals surface area contributed by atoms with Crippen molar-refractivity contribution in [2.45, 2.75) is 64.7 Å². The second kappa shape index (κ2) is 12.8. The zero-order valence-corrected chi connectivity index (χ0v) is 18.8. The number of hydrogen-bond acceptors (Lipinski definition) is 7. The quantitative estimate of drug-likeness (QED) is 0.187. The Hall–Kier alpha value is -2.99. The monoisotopic (exact) mass is 454 g/mol. The predicted molar refractivity (Wildman–Crippen MR) is 115 cm³/mol. The molecule has 1 aromatic heterocycles. The smallest absolute Gasteiger partial charge is 0.326 e. The van der Waals surface area contributed by atoms with Crippen LogP contribution in [0.4, 0.5) is 0 Å². The van der Waals surface area contributed by atoms with Crippen molar-refractivity contribution in [3.63, 3.8) is 0 Å². The number of nitrogens with two attached hydrogens (primary N) is 1. The Morgan fingerprint density at radius 2 is 1.69 bits per heavy atom. The number of imidazole rings is 1. The zero-order valence-electron chi connectivity index (χ0n) is 18.8. The number of carbonyl (C=O) groups is 4. The average molecular weight is 455 g/mol. The average Bonchev–Trinajstić information content (AvgIpc) is 3.26. The van der Waals surface area contributed by atoms with Crippen molar-refractivity contribution in [2.75, 3.05) is 6.61 Å². The number of carbonyl (C=O) groups excluding carboxylic acids is 3. The van der Waals surface area contributed by atoms with E-state index in [1.54, 1.807) is 20.8 Å². The molecule has 12 nitrogen and oxygen atoms in total. The molecule has 0 aromatic carbocycles. The van der Waals surface area contributed by atoms with Gasteiger partial charge in [-0.2, -0.15) is 0 Å². The Kier molecular flexibility index (Phi) is 10.8. The number of rotatable bonds is 13. The van der Waals surface area contributed by atoms with Crippen LogP contribution in [0.15, 0.2) is 12.5 Å². The first-order valence-corrected chi connectivity index (χ1v) is 10.5. The van der Waals surface area contributed by atoms with E-state index >= 15 is 0 Å². The summed E-state index contributed by atoms with van der Waals surface area (Å²) in [5.74, 6) is -3.88. The van der Waals surface area contributed by atoms with Crippen molar-refractivity contribution >= 4 is 23.7 Å². The van der Waals surface area contributed by atoms with Gasteiger partial charge in [-0.1, -0.05) is 34.1 Å². The maximum absolute atomic E-state index is 13.0. The minimum Gasteiger partial charge on any atom is -0.480 e. The summed E-state index contributed by atoms with van der Waals surface area (Å²) in [6.45, 7) is 6.30. The van der Waals surface area contributed by atoms with Gasteiger partial charge in [0.2, 0.25) is 17.7 Å². The summed E-state index contributed by atoms with van der Waals surface area (Å²) in [4.78, 5) is 56.3. The maximum Gasteiger partial charge on any atom is 0.326 e. The molecule has 8 N–H and O–H groups in total. The lowest BCUT2D eigenvalue weighted by Crippen LogP contribution is -2.59. The number of H-pyrrole nitrogens is 1. The summed E-state index contributed by atoms with van der Waals surface area (Å²) < 4.78 is 0. The van der Waals surface area contributed by atoms with Crippen LogP contribution in [0.1, 0.15) is 39.8 Å². The lowest BCUT2D eigenvalue weighted by atomic mass is 9.96. The normalized spacial score (nSPS) is 15.8. The van der Waals surface area contributed by atoms with E-state index in [1.807, 2.05) is 6.92 Å². The van der Waals surface area contributed by atoms with E-state index < -0.39 is 54.5 Å². The summed E-state index contributed by atoms with van der Waals surface area (Å²) in [7, 11) is 0. The van der Waals surface area contributed by atoms with Gasteiger partial charge in [0.25, 0.3) is 0 Å². The number of aromatic amines is 1. The van der Waals surface area contributed by atoms with Crippen LogP contribution in [-0.2, 0) is 25.6 Å². The van der Waals surface area contributed by atoms with Crippen LogP contribution in [-0.4, -0.2) is 74.6 Å². The van der Waals surface area contributed by atoms with Crippen LogP contribution in [0, 0.1) is 11.8 Å². The summed E-state index contributed by atoms with van der Waals surface area (Å²) in [6, 6.07) is -4.47. The van der Waals surface area contributed by atoms with Gasteiger partial charge in [-0.05, 0) is 11.8 Å². The molecule has 0 aliphatic heterocycles. The molecule has 12 heteroatoms. The third-order valence-electron chi connectivity index (χ3n) is 5.17. The number of aromatic nitrogens is 2. The number of nitrogens with one attached hydrogen (secondary N) is 4. The number of carboxylic acids is 1. The predicted octanol–water partition coefficient (Wildman–Crippen LogP) is -1.49. The molecule has 0 fully saturated rings. The van der Waals surface area contributed by atoms with Crippen LogP contribution in [0.3, 0.4) is 0 Å². The van der Waals surface area contributed by atoms with E-state index in [-0.39, 0.29) is 18.3 Å². The number of aliphatic hydroxyl groups excluding tert-OH is 1. The zero-order chi connectivity index (χ0) is 24.4. The minimum atomic E-state index is -1.22. The van der Waals surface area contributed by atoms with Gasteiger partial charge >= 0.3 is 5.97 Å². The number of hydrogen-bond donors (Lipinski definition) is 7. The van der Waals surface area contributed by atoms with Gasteiger partial charge in [-0.3, -0.25) is 14.4 Å². The van der Waals surface area contributed by atoms with Crippen LogP contribution in [0.25, 0.3) is 0 Å². The van der Waals surface area contributed by atoms with Crippen LogP contribution in [0.2, 0.25) is 0 Å². The van der Waals surface area contributed by atoms with E-state index in [4.69, 9.17) is 10.8 Å². The molecule has 32 heavy (non-hydrogen) atoms. The number of carboxylic acid groups (broad SMARTS) is 1. The summed E-state index contributed by atoms with van der Waals surface area (Å²) in [6.07, 6.45) is 3.47. The number of nitrogens with zero attached hydrogens (tertiary/aromatic N) is 1. The van der Waals surface area contributed by atoms with Crippen molar-refractivity contribution < 1.29 is 29.4 Å². The van der Waals surface area contributed by atoms with Crippen molar-refractivity contribution in [3.8, 4) is 0 Å². The molecular formula is C20H34N6O6. The van der Waals surface area contributed by atoms with Gasteiger partial charge in [-0.25, -0.2) is 9.78 Å². The maximum atomic E-state index is 13.0. The molecule has 180 valence electrons. The highest BCUT2D eigenvalue weighted by Crippen LogP contribution is 2.11. The van der Waals surface area contributed by atoms with E-state index in [2.05, 4.69) is 25.9 Å². The van der Waals surface area contributed by atoms with E-state index in [0.717, 1.165) is 0 Å². The Balaban J connectivity index is 3.06. The molecule has 5 unspecified atom stereocenters. The van der Waals surface area contributed by atoms with Gasteiger partial charge in [-0.15, -0.1) is 0 Å². The highest BCUT2D eigenvalue weighted by molar-refractivity contribution is 5.94. The third kappa shape index (κ3) is 7.93. The molecule has 1 aromatic rings. The molecule has 0 bridgehead atoms. The van der Waals surface area contributed by atoms with Crippen molar-refractivity contribution in [2.24, 2.45) is 17.6 Å². The second-order valence-corrected chi connectivity index (χ2v) is 8.07. The standard InChI is InChI=1S/C20H34N6O6/c1-5-11(4)16(19(30)25-15(10(2)3)20(31)32)26-18(29)14(6-12-7-22-9-23-12)24-17(28)13(21)8-27/h7,9-11,13-16,27H,5-6,8,21H2,1-4H3,(H,22,23)(H,24,28)(H,25,30)(H,26,29)(H,31,32). The number of aliphatic hydroxyl groups is 1. The molecule has 0 radical (unpaired) electrons. The molecule has 0 saturated carbocycles. The SMILES string of the molecule is CCC(C)C(NC(=O)C(Cc1cnc[nH]1)NC(=O)C(N)CO)C(=O)NC(C(=O)O)C(C)C. The van der Waals surface area contributed by atoms with Gasteiger partial charge < -0.3 is 36.9 Å². The van der Waals surface area contributed by atoms with E-state index in [9.17, 15) is 24.3 Å². The topological polar surface area (TPSA) is 200 Å². The molecule has 0 aliphatic carbocycles. The van der Waals surface area contributed by atoms with Crippen molar-refractivity contribution in [1.29, 1.82) is 0 Å². The van der Waals surface area contributed by atoms with Crippen LogP contribution < -0.4 is 21.7 Å². The Bertz CT molecular complexity index is 769. The summed E-state index contributed by atoms with van der Waals surface area (Å²) >= 11 is 0. The largest absolute Gasteiger partial charge is 0.480 e. The van der Waals surface area contributed by atoms with Gasteiger partial charge in [0.1, 0.15) is 24.2 Å². The van der Waals surface area contributed by atoms with Gasteiger partial charge in [0.05, 0.1) is 12.9 Å². The minimum absolute atomic E-state index is 0.0360. The van der Waals surface area contributed by atoms with Gasteiger partial charge in [0, 0.05) is 18.3 Å². The molecule has 5 atom stereocenters. The molecule has 0 saturated heterocycles. The molecule has 0 spiro atoms. The second-order valence-electron chi connectivity index (χ2n) is 8.07. The summed E-state index contributed by atoms with van der Waals surface area (Å²) in [5, 5.41) is 26.1. The van der Waals surface area contributed by atoms with Crippen molar-refractivity contribution in [1.82, 2.24) is 25.9 Å². The van der Waals surface area contributed by atoms with Crippen LogP contribution in [0.5, 0.6) is 0 Å². The fraction of sp³-hybridized carbons (Fsp3) is 0.650. The van der Waals surface area contributed by atoms with Crippen molar-refractivity contribution in [3.05, 3.63) is 18.2 Å². The van der Waals surface area contributed by atoms with Crippen LogP contribution >= 0.6 is 0 Å². The Morgan fingerprint density at radius 3 is 2.16 bits per heavy atom. The molecular weight excluding hydrogens is 420 g/mol. The number of aliphatic carboxylic acids is 1. The fourth-order valence-corrected chi connectivity index (χ4v) is 2.90. The lowest BCUT2D eigenvalue weighted by molar-refractivity contribution is -0.144. The first-order valence-electron chi connectivity index (χ1n) is 10.5. The molecule has 0 aliphatic rings. The molecule has 1 heterocycles. The molecule has 1 rings (SSSR count). The Morgan fingerprint density at radius 1 is 1.06 bits per heavy atom. The fourth-order valence-electron chi connectivity index (χ4n) is 2.90. The van der Waals surface area contributed by atoms with Gasteiger partial charge in [0.15, 0.2) is 0 Å². The Labute approximate surface area is 186 Å². The highest BCUT2D eigenvalue weighted by atomic mass is 16.4. The first kappa shape index (κ1) is 27.0. The first-order chi connectivity index (χ1) is 15.0. The highest BCUT2D eigenvalue weighted by Gasteiger charge is 2.33. The van der Waals surface area contributed by atoms with E-state index in [0.29, 0.717) is 12.1 Å². The van der Waals surface area contributed by atoms with E-state index in [1.165, 1.54) is 12.5 Å².